The van der Waals surface area contributed by atoms with Gasteiger partial charge >= 0.3 is 0 Å². The lowest BCUT2D eigenvalue weighted by atomic mass is 10.2. The number of nitrogens with zero attached hydrogens (tertiary/aromatic N) is 2. The van der Waals surface area contributed by atoms with Crippen molar-refractivity contribution in [3.63, 3.8) is 0 Å². The Morgan fingerprint density at radius 2 is 1.11 bits per heavy atom. The first-order chi connectivity index (χ1) is 7.08. The largest absolute Gasteiger partial charge is 1.00 e. The van der Waals surface area contributed by atoms with Gasteiger partial charge in [0.2, 0.25) is 0 Å². The van der Waals surface area contributed by atoms with E-state index in [0.29, 0.717) is 0 Å². The number of hydrogen-bond acceptors (Lipinski definition) is 1. The van der Waals surface area contributed by atoms with Crippen molar-refractivity contribution in [1.29, 1.82) is 0 Å². The molecule has 18 heavy (non-hydrogen) atoms. The first kappa shape index (κ1) is 22.6. The molecule has 0 aromatic heterocycles. The second kappa shape index (κ2) is 9.34. The molecule has 0 heterocycles. The molecule has 1 aromatic carbocycles. The highest BCUT2D eigenvalue weighted by atomic mass is 35.5. The number of quaternary nitrogens is 2. The lowest BCUT2D eigenvalue weighted by Gasteiger charge is -2.23. The molecule has 0 unspecified atom stereocenters. The van der Waals surface area contributed by atoms with Crippen LogP contribution in [-0.4, -0.2) is 63.8 Å². The maximum Gasteiger partial charge on any atom is 0.104 e. The fraction of sp³-hybridized carbons (Fsp3) is 0.571. The van der Waals surface area contributed by atoms with E-state index in [2.05, 4.69) is 79.7 Å². The molecule has 1 aromatic rings. The summed E-state index contributed by atoms with van der Waals surface area (Å²) in [6.07, 6.45) is 0. The third-order valence-electron chi connectivity index (χ3n) is 1.50. The number of halogens is 1. The average Bonchev–Trinajstić information content (AvgIpc) is 1.99. The second-order valence-electron chi connectivity index (χ2n) is 6.62. The molecule has 108 valence electrons. The van der Waals surface area contributed by atoms with Crippen LogP contribution in [0.25, 0.3) is 0 Å². The van der Waals surface area contributed by atoms with Crippen molar-refractivity contribution < 1.29 is 26.8 Å². The Balaban J connectivity index is -0.000000282. The zero-order valence-electron chi connectivity index (χ0n) is 12.8. The minimum Gasteiger partial charge on any atom is -1.00 e. The van der Waals surface area contributed by atoms with Gasteiger partial charge in [-0.25, -0.2) is 0 Å². The summed E-state index contributed by atoms with van der Waals surface area (Å²) in [6.45, 7) is 1.10. The maximum atomic E-state index is 2.20. The number of rotatable bonds is 2. The van der Waals surface area contributed by atoms with Crippen molar-refractivity contribution in [1.82, 2.24) is 0 Å². The smallest absolute Gasteiger partial charge is 0.104 e. The molecule has 0 aliphatic heterocycles. The standard InChI is InChI=1S/C10H16N.C4H12N.ClH.H2O/c1-11(2,3)9-10-7-5-4-6-8-10;1-5(2,3)4;;/h4-8H,9H2,1-3H3;1-4H3;1H;1H2/q2*+1;;/p-2. The van der Waals surface area contributed by atoms with Crippen LogP contribution in [0.1, 0.15) is 5.56 Å². The Bertz CT molecular complexity index is 283. The minimum absolute atomic E-state index is 0. The van der Waals surface area contributed by atoms with Gasteiger partial charge in [0.1, 0.15) is 6.54 Å². The molecule has 1 rings (SSSR count). The predicted octanol–water partition coefficient (Wildman–Crippen LogP) is -0.958. The highest BCUT2D eigenvalue weighted by Gasteiger charge is 2.06. The lowest BCUT2D eigenvalue weighted by Crippen LogP contribution is -3.00. The van der Waals surface area contributed by atoms with E-state index in [0.717, 1.165) is 15.5 Å². The summed E-state index contributed by atoms with van der Waals surface area (Å²) in [5.41, 5.74) is 1.40. The topological polar surface area (TPSA) is 30.0 Å². The predicted molar refractivity (Wildman–Crippen MR) is 74.1 cm³/mol. The van der Waals surface area contributed by atoms with Gasteiger partial charge in [0.15, 0.2) is 0 Å². The summed E-state index contributed by atoms with van der Waals surface area (Å²) in [4.78, 5) is 0. The van der Waals surface area contributed by atoms with Crippen LogP contribution in [0.5, 0.6) is 0 Å². The van der Waals surface area contributed by atoms with E-state index in [4.69, 9.17) is 0 Å². The van der Waals surface area contributed by atoms with Crippen molar-refractivity contribution in [3.05, 3.63) is 35.9 Å². The van der Waals surface area contributed by atoms with Crippen molar-refractivity contribution in [3.8, 4) is 0 Å². The van der Waals surface area contributed by atoms with E-state index >= 15 is 0 Å². The molecule has 0 radical (unpaired) electrons. The van der Waals surface area contributed by atoms with Crippen LogP contribution in [0.4, 0.5) is 0 Å². The fourth-order valence-corrected chi connectivity index (χ4v) is 1.13. The van der Waals surface area contributed by atoms with Crippen molar-refractivity contribution in [2.24, 2.45) is 0 Å². The van der Waals surface area contributed by atoms with Crippen molar-refractivity contribution in [2.45, 2.75) is 6.54 Å². The summed E-state index contributed by atoms with van der Waals surface area (Å²) in [5.74, 6) is 0. The van der Waals surface area contributed by atoms with Gasteiger partial charge in [-0.3, -0.25) is 0 Å². The molecule has 3 nitrogen and oxygen atoms in total. The Kier molecular flexibility index (Phi) is 11.7. The highest BCUT2D eigenvalue weighted by Crippen LogP contribution is 2.05. The molecule has 0 spiro atoms. The van der Waals surface area contributed by atoms with Crippen LogP contribution < -0.4 is 12.4 Å². The van der Waals surface area contributed by atoms with Crippen molar-refractivity contribution in [2.75, 3.05) is 49.3 Å². The highest BCUT2D eigenvalue weighted by molar-refractivity contribution is 5.13. The van der Waals surface area contributed by atoms with Crippen LogP contribution in [-0.2, 0) is 6.54 Å². The average molecular weight is 277 g/mol. The first-order valence-electron chi connectivity index (χ1n) is 5.71. The maximum absolute atomic E-state index is 2.20. The summed E-state index contributed by atoms with van der Waals surface area (Å²) in [5, 5.41) is 0. The van der Waals surface area contributed by atoms with Gasteiger partial charge in [-0.15, -0.1) is 0 Å². The van der Waals surface area contributed by atoms with Crippen LogP contribution in [0.3, 0.4) is 0 Å². The third kappa shape index (κ3) is 20.8. The zero-order chi connectivity index (χ0) is 12.8. The third-order valence-corrected chi connectivity index (χ3v) is 1.50. The monoisotopic (exact) mass is 276 g/mol. The fourth-order valence-electron chi connectivity index (χ4n) is 1.13. The summed E-state index contributed by atoms with van der Waals surface area (Å²) in [6, 6.07) is 10.6. The van der Waals surface area contributed by atoms with Gasteiger partial charge in [0.05, 0.1) is 49.3 Å². The quantitative estimate of drug-likeness (QED) is 0.640. The van der Waals surface area contributed by atoms with Gasteiger partial charge in [-0.1, -0.05) is 30.3 Å². The summed E-state index contributed by atoms with van der Waals surface area (Å²) < 4.78 is 1.99. The van der Waals surface area contributed by atoms with Gasteiger partial charge in [0.25, 0.3) is 0 Å². The van der Waals surface area contributed by atoms with Gasteiger partial charge in [-0.05, 0) is 0 Å². The van der Waals surface area contributed by atoms with Crippen LogP contribution in [0.15, 0.2) is 30.3 Å². The number of benzene rings is 1. The summed E-state index contributed by atoms with van der Waals surface area (Å²) >= 11 is 0. The molecular formula is C14H29ClN2O. The molecule has 1 N–H and O–H groups in total. The molecule has 4 heteroatoms. The van der Waals surface area contributed by atoms with E-state index in [1.165, 1.54) is 5.56 Å². The molecule has 0 saturated carbocycles. The van der Waals surface area contributed by atoms with E-state index in [1.807, 2.05) is 0 Å². The van der Waals surface area contributed by atoms with E-state index in [9.17, 15) is 0 Å². The second-order valence-corrected chi connectivity index (χ2v) is 6.62. The van der Waals surface area contributed by atoms with Crippen LogP contribution in [0, 0.1) is 0 Å². The minimum atomic E-state index is 0. The first-order valence-corrected chi connectivity index (χ1v) is 5.71. The Labute approximate surface area is 119 Å². The molecule has 0 aliphatic carbocycles. The Morgan fingerprint density at radius 3 is 1.39 bits per heavy atom. The molecule has 0 aliphatic rings. The molecule has 0 saturated heterocycles. The molecular weight excluding hydrogens is 248 g/mol. The van der Waals surface area contributed by atoms with Gasteiger partial charge in [-0.2, -0.15) is 0 Å². The van der Waals surface area contributed by atoms with Crippen LogP contribution in [0.2, 0.25) is 0 Å². The van der Waals surface area contributed by atoms with E-state index in [-0.39, 0.29) is 17.9 Å². The van der Waals surface area contributed by atoms with Crippen molar-refractivity contribution >= 4 is 0 Å². The Hall–Kier alpha value is -0.610. The number of hydrogen-bond donors (Lipinski definition) is 0. The van der Waals surface area contributed by atoms with E-state index in [1.54, 1.807) is 0 Å². The normalized spacial score (nSPS) is 10.4. The molecule has 0 bridgehead atoms. The summed E-state index contributed by atoms with van der Waals surface area (Å²) in [7, 11) is 15.1. The molecule has 0 amide bonds. The molecule has 0 atom stereocenters. The van der Waals surface area contributed by atoms with E-state index < -0.39 is 0 Å². The Morgan fingerprint density at radius 1 is 0.778 bits per heavy atom. The van der Waals surface area contributed by atoms with Gasteiger partial charge < -0.3 is 26.8 Å². The van der Waals surface area contributed by atoms with Crippen LogP contribution >= 0.6 is 0 Å². The lowest BCUT2D eigenvalue weighted by molar-refractivity contribution is -0.884. The SMILES string of the molecule is C[N+](C)(C)C.C[N+](C)(C)Cc1ccccc1.[Cl-].[OH-]. The van der Waals surface area contributed by atoms with Gasteiger partial charge in [0, 0.05) is 5.56 Å². The molecule has 0 fully saturated rings. The zero-order valence-corrected chi connectivity index (χ0v) is 13.6.